The highest BCUT2D eigenvalue weighted by atomic mass is 79.9. The topological polar surface area (TPSA) is 42.1 Å². The summed E-state index contributed by atoms with van der Waals surface area (Å²) in [5, 5.41) is 0.299. The van der Waals surface area contributed by atoms with E-state index in [1.807, 2.05) is 0 Å². The average Bonchev–Trinajstić information content (AvgIpc) is 2.92. The van der Waals surface area contributed by atoms with Crippen molar-refractivity contribution in [3.05, 3.63) is 64.0 Å². The van der Waals surface area contributed by atoms with Crippen molar-refractivity contribution in [2.24, 2.45) is 0 Å². The van der Waals surface area contributed by atoms with Gasteiger partial charge in [0, 0.05) is 21.6 Å². The van der Waals surface area contributed by atoms with Gasteiger partial charge in [0.25, 0.3) is 0 Å². The number of aromatic nitrogens is 1. The summed E-state index contributed by atoms with van der Waals surface area (Å²) in [6.07, 6.45) is 1.53. The van der Waals surface area contributed by atoms with Crippen molar-refractivity contribution in [2.75, 3.05) is 7.11 Å². The lowest BCUT2D eigenvalue weighted by atomic mass is 10.0. The molecule has 0 fully saturated rings. The zero-order chi connectivity index (χ0) is 15.0. The van der Waals surface area contributed by atoms with Crippen molar-refractivity contribution >= 4 is 32.6 Å². The Balaban J connectivity index is 2.17. The van der Waals surface area contributed by atoms with Gasteiger partial charge in [0.1, 0.15) is 11.6 Å². The van der Waals surface area contributed by atoms with Gasteiger partial charge in [0.15, 0.2) is 5.78 Å². The highest BCUT2D eigenvalue weighted by molar-refractivity contribution is 9.10. The van der Waals surface area contributed by atoms with Crippen LogP contribution in [-0.4, -0.2) is 17.9 Å². The third-order valence-electron chi connectivity index (χ3n) is 3.31. The van der Waals surface area contributed by atoms with Crippen LogP contribution in [0, 0.1) is 5.82 Å². The fourth-order valence-electron chi connectivity index (χ4n) is 2.32. The van der Waals surface area contributed by atoms with Crippen LogP contribution in [0.4, 0.5) is 4.39 Å². The van der Waals surface area contributed by atoms with Crippen LogP contribution in [0.25, 0.3) is 10.9 Å². The lowest BCUT2D eigenvalue weighted by Crippen LogP contribution is -2.04. The number of methoxy groups -OCH3 is 1. The highest BCUT2D eigenvalue weighted by Gasteiger charge is 2.20. The first-order valence-corrected chi connectivity index (χ1v) is 7.05. The standard InChI is InChI=1S/C16H11BrFNO2/c1-21-14-7-9(17)5-6-10(14)16(20)11-8-19-13-4-2-3-12(18)15(11)13/h2-8,19H,1H3. The lowest BCUT2D eigenvalue weighted by molar-refractivity contribution is 0.103. The van der Waals surface area contributed by atoms with Gasteiger partial charge in [0.2, 0.25) is 0 Å². The first-order valence-electron chi connectivity index (χ1n) is 6.25. The van der Waals surface area contributed by atoms with Gasteiger partial charge < -0.3 is 9.72 Å². The molecule has 0 amide bonds. The average molecular weight is 348 g/mol. The van der Waals surface area contributed by atoms with Crippen molar-refractivity contribution in [1.82, 2.24) is 4.98 Å². The molecule has 0 aliphatic rings. The van der Waals surface area contributed by atoms with Crippen LogP contribution in [0.3, 0.4) is 0 Å². The highest BCUT2D eigenvalue weighted by Crippen LogP contribution is 2.29. The molecular weight excluding hydrogens is 337 g/mol. The van der Waals surface area contributed by atoms with Crippen LogP contribution in [0.5, 0.6) is 5.75 Å². The summed E-state index contributed by atoms with van der Waals surface area (Å²) in [6, 6.07) is 9.78. The van der Waals surface area contributed by atoms with Crippen LogP contribution in [0.1, 0.15) is 15.9 Å². The minimum absolute atomic E-state index is 0.282. The molecule has 3 nitrogen and oxygen atoms in total. The van der Waals surface area contributed by atoms with E-state index in [0.717, 1.165) is 4.47 Å². The second-order valence-corrected chi connectivity index (χ2v) is 5.45. The van der Waals surface area contributed by atoms with Crippen molar-refractivity contribution < 1.29 is 13.9 Å². The number of H-pyrrole nitrogens is 1. The Morgan fingerprint density at radius 3 is 2.81 bits per heavy atom. The van der Waals surface area contributed by atoms with Gasteiger partial charge in [-0.3, -0.25) is 4.79 Å². The van der Waals surface area contributed by atoms with E-state index >= 15 is 0 Å². The number of nitrogens with one attached hydrogen (secondary N) is 1. The predicted molar refractivity (Wildman–Crippen MR) is 82.4 cm³/mol. The molecule has 1 N–H and O–H groups in total. The number of hydrogen-bond donors (Lipinski definition) is 1. The minimum atomic E-state index is -0.423. The summed E-state index contributed by atoms with van der Waals surface area (Å²) in [5.41, 5.74) is 1.28. The van der Waals surface area contributed by atoms with Crippen molar-refractivity contribution in [2.45, 2.75) is 0 Å². The molecule has 0 unspecified atom stereocenters. The summed E-state index contributed by atoms with van der Waals surface area (Å²) in [7, 11) is 1.49. The second kappa shape index (κ2) is 5.33. The summed E-state index contributed by atoms with van der Waals surface area (Å²) >= 11 is 3.33. The van der Waals surface area contributed by atoms with Crippen molar-refractivity contribution in [1.29, 1.82) is 0 Å². The minimum Gasteiger partial charge on any atom is -0.496 e. The third kappa shape index (κ3) is 2.34. The monoisotopic (exact) mass is 347 g/mol. The maximum atomic E-state index is 14.0. The summed E-state index contributed by atoms with van der Waals surface area (Å²) in [6.45, 7) is 0. The molecule has 0 radical (unpaired) electrons. The van der Waals surface area contributed by atoms with Crippen LogP contribution in [0.2, 0.25) is 0 Å². The number of rotatable bonds is 3. The van der Waals surface area contributed by atoms with Gasteiger partial charge in [0.05, 0.1) is 18.2 Å². The smallest absolute Gasteiger partial charge is 0.199 e. The zero-order valence-corrected chi connectivity index (χ0v) is 12.7. The Kier molecular flexibility index (Phi) is 3.51. The number of ketones is 1. The van der Waals surface area contributed by atoms with Gasteiger partial charge in [-0.15, -0.1) is 0 Å². The van der Waals surface area contributed by atoms with Crippen LogP contribution < -0.4 is 4.74 Å². The molecule has 21 heavy (non-hydrogen) atoms. The molecule has 106 valence electrons. The predicted octanol–water partition coefficient (Wildman–Crippen LogP) is 4.31. The van der Waals surface area contributed by atoms with Gasteiger partial charge in [-0.1, -0.05) is 22.0 Å². The molecule has 5 heteroatoms. The number of halogens is 2. The Bertz CT molecular complexity index is 841. The number of carbonyl (C=O) groups excluding carboxylic acids is 1. The fraction of sp³-hybridized carbons (Fsp3) is 0.0625. The van der Waals surface area contributed by atoms with Gasteiger partial charge in [-0.2, -0.15) is 0 Å². The van der Waals surface area contributed by atoms with Crippen LogP contribution in [-0.2, 0) is 0 Å². The van der Waals surface area contributed by atoms with E-state index in [1.54, 1.807) is 30.3 Å². The molecule has 0 spiro atoms. The normalized spacial score (nSPS) is 10.8. The molecule has 0 atom stereocenters. The van der Waals surface area contributed by atoms with Crippen molar-refractivity contribution in [3.8, 4) is 5.75 Å². The maximum absolute atomic E-state index is 14.0. The first-order chi connectivity index (χ1) is 10.1. The SMILES string of the molecule is COc1cc(Br)ccc1C(=O)c1c[nH]c2cccc(F)c12. The molecule has 0 saturated heterocycles. The van der Waals surface area contributed by atoms with E-state index in [9.17, 15) is 9.18 Å². The van der Waals surface area contributed by atoms with Crippen molar-refractivity contribution in [3.63, 3.8) is 0 Å². The number of aromatic amines is 1. The molecule has 3 rings (SSSR count). The second-order valence-electron chi connectivity index (χ2n) is 4.54. The number of carbonyl (C=O) groups is 1. The molecular formula is C16H11BrFNO2. The summed E-state index contributed by atoms with van der Waals surface area (Å²) in [5.74, 6) is -0.260. The number of hydrogen-bond acceptors (Lipinski definition) is 2. The van der Waals surface area contributed by atoms with E-state index in [2.05, 4.69) is 20.9 Å². The van der Waals surface area contributed by atoms with E-state index in [-0.39, 0.29) is 5.78 Å². The Labute approximate surface area is 128 Å². The molecule has 0 bridgehead atoms. The van der Waals surface area contributed by atoms with Gasteiger partial charge >= 0.3 is 0 Å². The van der Waals surface area contributed by atoms with Crippen LogP contribution in [0.15, 0.2) is 47.1 Å². The summed E-state index contributed by atoms with van der Waals surface area (Å²) < 4.78 is 20.0. The molecule has 0 aliphatic heterocycles. The van der Waals surface area contributed by atoms with E-state index < -0.39 is 5.82 Å². The molecule has 1 heterocycles. The zero-order valence-electron chi connectivity index (χ0n) is 11.1. The van der Waals surface area contributed by atoms with Gasteiger partial charge in [-0.25, -0.2) is 4.39 Å². The van der Waals surface area contributed by atoms with Gasteiger partial charge in [-0.05, 0) is 30.3 Å². The van der Waals surface area contributed by atoms with E-state index in [4.69, 9.17) is 4.74 Å². The lowest BCUT2D eigenvalue weighted by Gasteiger charge is -2.07. The molecule has 0 saturated carbocycles. The number of fused-ring (bicyclic) bond motifs is 1. The molecule has 2 aromatic carbocycles. The third-order valence-corrected chi connectivity index (χ3v) is 3.80. The van der Waals surface area contributed by atoms with E-state index in [1.165, 1.54) is 19.4 Å². The fourth-order valence-corrected chi connectivity index (χ4v) is 2.66. The largest absolute Gasteiger partial charge is 0.496 e. The Morgan fingerprint density at radius 1 is 1.24 bits per heavy atom. The maximum Gasteiger partial charge on any atom is 0.199 e. The molecule has 1 aromatic heterocycles. The van der Waals surface area contributed by atoms with E-state index in [0.29, 0.717) is 27.8 Å². The number of ether oxygens (including phenoxy) is 1. The first kappa shape index (κ1) is 13.8. The Morgan fingerprint density at radius 2 is 2.05 bits per heavy atom. The Hall–Kier alpha value is -2.14. The summed E-state index contributed by atoms with van der Waals surface area (Å²) in [4.78, 5) is 15.6. The van der Waals surface area contributed by atoms with Crippen LogP contribution >= 0.6 is 15.9 Å². The quantitative estimate of drug-likeness (QED) is 0.717. The molecule has 3 aromatic rings. The molecule has 0 aliphatic carbocycles. The number of benzene rings is 2.